The van der Waals surface area contributed by atoms with Crippen molar-refractivity contribution in [2.75, 3.05) is 11.9 Å². The van der Waals surface area contributed by atoms with Crippen molar-refractivity contribution in [3.8, 4) is 0 Å². The molecule has 7 rings (SSSR count). The van der Waals surface area contributed by atoms with Crippen LogP contribution in [-0.2, 0) is 6.54 Å². The second-order valence-corrected chi connectivity index (χ2v) is 14.0. The highest BCUT2D eigenvalue weighted by molar-refractivity contribution is 7.99. The van der Waals surface area contributed by atoms with Crippen molar-refractivity contribution >= 4 is 68.5 Å². The Kier molecular flexibility index (Phi) is 7.62. The van der Waals surface area contributed by atoms with Gasteiger partial charge in [-0.05, 0) is 86.8 Å². The van der Waals surface area contributed by atoms with Crippen LogP contribution in [0.15, 0.2) is 144 Å². The van der Waals surface area contributed by atoms with Crippen LogP contribution >= 0.6 is 19.7 Å². The van der Waals surface area contributed by atoms with Gasteiger partial charge in [0, 0.05) is 22.8 Å². The monoisotopic (exact) mass is 579 g/mol. The number of carbonyl (C=O) groups excluding carboxylic acids is 1. The van der Waals surface area contributed by atoms with Gasteiger partial charge < -0.3 is 5.32 Å². The summed E-state index contributed by atoms with van der Waals surface area (Å²) in [7, 11) is -0.403. The van der Waals surface area contributed by atoms with Crippen LogP contribution in [0.1, 0.15) is 15.9 Å². The molecule has 0 fully saturated rings. The Morgan fingerprint density at radius 1 is 0.595 bits per heavy atom. The standard InChI is InChI=1S/C38H30NOPS/c40-38(39-26-31-17-16-29-15-14-27-8-7-9-28-20-23-35(31)37(29)36(27)28)30-18-21-34(22-19-30)42-25-24-41(32-10-3-1-4-11-32)33-12-5-2-6-13-33/h1-23H,24-26H2,(H,39,40). The quantitative estimate of drug-likeness (QED) is 0.105. The van der Waals surface area contributed by atoms with Crippen LogP contribution < -0.4 is 15.9 Å². The van der Waals surface area contributed by atoms with E-state index in [2.05, 4.69) is 133 Å². The predicted octanol–water partition coefficient (Wildman–Crippen LogP) is 8.74. The molecule has 42 heavy (non-hydrogen) atoms. The summed E-state index contributed by atoms with van der Waals surface area (Å²) in [4.78, 5) is 14.3. The molecule has 0 unspecified atom stereocenters. The van der Waals surface area contributed by atoms with Gasteiger partial charge >= 0.3 is 0 Å². The number of hydrogen-bond acceptors (Lipinski definition) is 2. The molecule has 0 heterocycles. The normalized spacial score (nSPS) is 11.5. The van der Waals surface area contributed by atoms with Crippen LogP contribution in [-0.4, -0.2) is 17.8 Å². The molecule has 0 aliphatic carbocycles. The third-order valence-corrected chi connectivity index (χ3v) is 11.7. The molecular weight excluding hydrogens is 549 g/mol. The minimum Gasteiger partial charge on any atom is -0.348 e. The summed E-state index contributed by atoms with van der Waals surface area (Å²) in [6.45, 7) is 0.492. The molecular formula is C38H30NOPS. The molecule has 4 heteroatoms. The van der Waals surface area contributed by atoms with Crippen molar-refractivity contribution in [3.05, 3.63) is 151 Å². The van der Waals surface area contributed by atoms with Gasteiger partial charge in [-0.25, -0.2) is 0 Å². The SMILES string of the molecule is O=C(NCc1ccc2ccc3cccc4ccc1c2c34)c1ccc(SCCP(c2ccccc2)c2ccccc2)cc1. The van der Waals surface area contributed by atoms with Gasteiger partial charge in [0.25, 0.3) is 5.91 Å². The van der Waals surface area contributed by atoms with Crippen molar-refractivity contribution in [1.82, 2.24) is 5.32 Å². The van der Waals surface area contributed by atoms with Gasteiger partial charge in [-0.2, -0.15) is 0 Å². The molecule has 0 saturated heterocycles. The molecule has 0 spiro atoms. The number of amides is 1. The first-order chi connectivity index (χ1) is 20.7. The molecule has 0 radical (unpaired) electrons. The van der Waals surface area contributed by atoms with E-state index in [1.54, 1.807) is 0 Å². The maximum Gasteiger partial charge on any atom is 0.251 e. The zero-order chi connectivity index (χ0) is 28.3. The predicted molar refractivity (Wildman–Crippen MR) is 182 cm³/mol. The van der Waals surface area contributed by atoms with Gasteiger partial charge in [0.15, 0.2) is 0 Å². The molecule has 0 saturated carbocycles. The third-order valence-electron chi connectivity index (χ3n) is 7.89. The van der Waals surface area contributed by atoms with E-state index in [-0.39, 0.29) is 5.91 Å². The van der Waals surface area contributed by atoms with Crippen LogP contribution in [0.5, 0.6) is 0 Å². The topological polar surface area (TPSA) is 29.1 Å². The lowest BCUT2D eigenvalue weighted by Crippen LogP contribution is -2.22. The summed E-state index contributed by atoms with van der Waals surface area (Å²) >= 11 is 1.86. The summed E-state index contributed by atoms with van der Waals surface area (Å²) in [5.74, 6) is 0.976. The number of thioether (sulfide) groups is 1. The lowest BCUT2D eigenvalue weighted by atomic mass is 9.92. The highest BCUT2D eigenvalue weighted by Gasteiger charge is 2.14. The average molecular weight is 580 g/mol. The van der Waals surface area contributed by atoms with Gasteiger partial charge in [-0.3, -0.25) is 4.79 Å². The van der Waals surface area contributed by atoms with E-state index in [1.807, 2.05) is 23.9 Å². The Morgan fingerprint density at radius 3 is 1.86 bits per heavy atom. The highest BCUT2D eigenvalue weighted by atomic mass is 32.2. The Balaban J connectivity index is 1.01. The van der Waals surface area contributed by atoms with E-state index < -0.39 is 7.92 Å². The van der Waals surface area contributed by atoms with E-state index in [9.17, 15) is 4.79 Å². The minimum atomic E-state index is -0.403. The van der Waals surface area contributed by atoms with Gasteiger partial charge in [-0.15, -0.1) is 11.8 Å². The number of carbonyl (C=O) groups is 1. The number of nitrogens with one attached hydrogen (secondary N) is 1. The molecule has 7 aromatic rings. The molecule has 0 atom stereocenters. The molecule has 0 aliphatic heterocycles. The molecule has 204 valence electrons. The van der Waals surface area contributed by atoms with E-state index in [1.165, 1.54) is 47.8 Å². The molecule has 1 N–H and O–H groups in total. The van der Waals surface area contributed by atoms with E-state index >= 15 is 0 Å². The molecule has 2 nitrogen and oxygen atoms in total. The zero-order valence-corrected chi connectivity index (χ0v) is 24.9. The first-order valence-electron chi connectivity index (χ1n) is 14.3. The first-order valence-corrected chi connectivity index (χ1v) is 16.8. The summed E-state index contributed by atoms with van der Waals surface area (Å²) in [5.41, 5.74) is 1.82. The van der Waals surface area contributed by atoms with E-state index in [0.717, 1.165) is 17.5 Å². The van der Waals surface area contributed by atoms with Crippen LogP contribution in [0.2, 0.25) is 0 Å². The van der Waals surface area contributed by atoms with Gasteiger partial charge in [-0.1, -0.05) is 115 Å². The van der Waals surface area contributed by atoms with E-state index in [4.69, 9.17) is 0 Å². The van der Waals surface area contributed by atoms with Gasteiger partial charge in [0.1, 0.15) is 0 Å². The Hall–Kier alpha value is -4.17. The largest absolute Gasteiger partial charge is 0.348 e. The van der Waals surface area contributed by atoms with Crippen molar-refractivity contribution in [3.63, 3.8) is 0 Å². The van der Waals surface area contributed by atoms with E-state index in [0.29, 0.717) is 12.1 Å². The zero-order valence-electron chi connectivity index (χ0n) is 23.2. The third kappa shape index (κ3) is 5.39. The van der Waals surface area contributed by atoms with Gasteiger partial charge in [0.2, 0.25) is 0 Å². The Labute approximate surface area is 251 Å². The lowest BCUT2D eigenvalue weighted by Gasteiger charge is -2.18. The smallest absolute Gasteiger partial charge is 0.251 e. The summed E-state index contributed by atoms with van der Waals surface area (Å²) in [6, 6.07) is 49.3. The van der Waals surface area contributed by atoms with Crippen molar-refractivity contribution in [2.24, 2.45) is 0 Å². The first kappa shape index (κ1) is 26.7. The Morgan fingerprint density at radius 2 is 1.19 bits per heavy atom. The number of rotatable bonds is 9. The fourth-order valence-corrected chi connectivity index (χ4v) is 9.35. The Bertz CT molecular complexity index is 1920. The minimum absolute atomic E-state index is 0.0473. The summed E-state index contributed by atoms with van der Waals surface area (Å²) < 4.78 is 0. The van der Waals surface area contributed by atoms with Crippen LogP contribution in [0.4, 0.5) is 0 Å². The van der Waals surface area contributed by atoms with Crippen LogP contribution in [0, 0.1) is 0 Å². The second kappa shape index (κ2) is 12.0. The number of benzene rings is 7. The lowest BCUT2D eigenvalue weighted by molar-refractivity contribution is 0.0951. The summed E-state index contributed by atoms with van der Waals surface area (Å²) in [5, 5.41) is 13.5. The average Bonchev–Trinajstić information content (AvgIpc) is 3.06. The molecule has 0 aromatic heterocycles. The second-order valence-electron chi connectivity index (χ2n) is 10.5. The maximum absolute atomic E-state index is 13.1. The highest BCUT2D eigenvalue weighted by Crippen LogP contribution is 2.37. The maximum atomic E-state index is 13.1. The molecule has 1 amide bonds. The van der Waals surface area contributed by atoms with Crippen LogP contribution in [0.3, 0.4) is 0 Å². The van der Waals surface area contributed by atoms with Crippen molar-refractivity contribution < 1.29 is 4.79 Å². The van der Waals surface area contributed by atoms with Crippen molar-refractivity contribution in [2.45, 2.75) is 11.4 Å². The molecule has 0 bridgehead atoms. The fraction of sp³-hybridized carbons (Fsp3) is 0.0789. The summed E-state index contributed by atoms with van der Waals surface area (Å²) in [6.07, 6.45) is 1.11. The van der Waals surface area contributed by atoms with Crippen LogP contribution in [0.25, 0.3) is 32.3 Å². The fourth-order valence-electron chi connectivity index (χ4n) is 5.81. The molecule has 0 aliphatic rings. The van der Waals surface area contributed by atoms with Crippen molar-refractivity contribution in [1.29, 1.82) is 0 Å². The van der Waals surface area contributed by atoms with Gasteiger partial charge in [0.05, 0.1) is 0 Å². The number of hydrogen-bond donors (Lipinski definition) is 1. The molecule has 7 aromatic carbocycles.